The second kappa shape index (κ2) is 10.9. The fourth-order valence-electron chi connectivity index (χ4n) is 2.86. The molecule has 0 aromatic heterocycles. The number of hydrogen-bond donors (Lipinski definition) is 0. The Morgan fingerprint density at radius 2 is 0.750 bits per heavy atom. The molecule has 0 heterocycles. The molecular weight excluding hydrogens is 288 g/mol. The van der Waals surface area contributed by atoms with Crippen LogP contribution in [0.2, 0.25) is 0 Å². The van der Waals surface area contributed by atoms with Gasteiger partial charge in [-0.25, -0.2) is 0 Å². The van der Waals surface area contributed by atoms with Crippen molar-refractivity contribution < 1.29 is 0 Å². The lowest BCUT2D eigenvalue weighted by Gasteiger charge is -2.14. The quantitative estimate of drug-likeness (QED) is 0.365. The molecule has 0 unspecified atom stereocenters. The smallest absolute Gasteiger partial charge is 0.0143 e. The van der Waals surface area contributed by atoms with Crippen molar-refractivity contribution in [3.63, 3.8) is 0 Å². The largest absolute Gasteiger partial charge is 0.0683 e. The highest BCUT2D eigenvalue weighted by Crippen LogP contribution is 2.33. The van der Waals surface area contributed by atoms with Crippen molar-refractivity contribution >= 4 is 21.5 Å². The summed E-state index contributed by atoms with van der Waals surface area (Å²) < 4.78 is 0. The number of aryl methyl sites for hydroxylation is 4. The molecule has 3 aromatic carbocycles. The molecule has 0 N–H and O–H groups in total. The van der Waals surface area contributed by atoms with Crippen molar-refractivity contribution in [3.8, 4) is 0 Å². The monoisotopic (exact) mass is 324 g/mol. The Morgan fingerprint density at radius 1 is 0.458 bits per heavy atom. The molecule has 24 heavy (non-hydrogen) atoms. The maximum absolute atomic E-state index is 2.33. The van der Waals surface area contributed by atoms with Crippen LogP contribution in [0.25, 0.3) is 21.5 Å². The summed E-state index contributed by atoms with van der Waals surface area (Å²) in [6.07, 6.45) is 0. The lowest BCUT2D eigenvalue weighted by atomic mass is 9.91. The van der Waals surface area contributed by atoms with Crippen LogP contribution >= 0.6 is 0 Å². The second-order valence-electron chi connectivity index (χ2n) is 5.28. The summed E-state index contributed by atoms with van der Waals surface area (Å²) in [5.74, 6) is 0. The van der Waals surface area contributed by atoms with Crippen molar-refractivity contribution in [1.29, 1.82) is 0 Å². The highest BCUT2D eigenvalue weighted by Gasteiger charge is 2.09. The van der Waals surface area contributed by atoms with E-state index in [1.54, 1.807) is 0 Å². The van der Waals surface area contributed by atoms with Crippen LogP contribution in [0.1, 0.15) is 63.8 Å². The van der Waals surface area contributed by atoms with Gasteiger partial charge in [0, 0.05) is 0 Å². The van der Waals surface area contributed by atoms with Gasteiger partial charge in [0.25, 0.3) is 0 Å². The molecule has 0 nitrogen and oxygen atoms in total. The molecule has 0 aliphatic heterocycles. The number of hydrogen-bond acceptors (Lipinski definition) is 0. The van der Waals surface area contributed by atoms with E-state index in [4.69, 9.17) is 0 Å². The summed E-state index contributed by atoms with van der Waals surface area (Å²) in [7, 11) is 0. The molecule has 0 bridgehead atoms. The summed E-state index contributed by atoms with van der Waals surface area (Å²) in [5.41, 5.74) is 5.55. The van der Waals surface area contributed by atoms with Crippen LogP contribution in [0.4, 0.5) is 0 Å². The normalized spacial score (nSPS) is 9.25. The molecular formula is C24H36. The number of fused-ring (bicyclic) bond motifs is 2. The van der Waals surface area contributed by atoms with Crippen LogP contribution in [0.5, 0.6) is 0 Å². The lowest BCUT2D eigenvalue weighted by Crippen LogP contribution is -1.90. The summed E-state index contributed by atoms with van der Waals surface area (Å²) in [6, 6.07) is 13.4. The van der Waals surface area contributed by atoms with E-state index in [0.717, 1.165) is 0 Å². The van der Waals surface area contributed by atoms with E-state index in [1.807, 2.05) is 41.5 Å². The first kappa shape index (κ1) is 22.2. The van der Waals surface area contributed by atoms with Gasteiger partial charge in [-0.3, -0.25) is 0 Å². The van der Waals surface area contributed by atoms with Crippen LogP contribution < -0.4 is 0 Å². The van der Waals surface area contributed by atoms with Gasteiger partial charge in [0.05, 0.1) is 0 Å². The predicted molar refractivity (Wildman–Crippen MR) is 114 cm³/mol. The van der Waals surface area contributed by atoms with E-state index in [0.29, 0.717) is 0 Å². The van der Waals surface area contributed by atoms with Crippen molar-refractivity contribution in [2.45, 2.75) is 69.2 Å². The summed E-state index contributed by atoms with van der Waals surface area (Å²) in [5, 5.41) is 5.56. The fraction of sp³-hybridized carbons (Fsp3) is 0.417. The van der Waals surface area contributed by atoms with Crippen molar-refractivity contribution in [3.05, 3.63) is 58.7 Å². The van der Waals surface area contributed by atoms with Gasteiger partial charge in [-0.05, 0) is 71.5 Å². The Bertz CT molecular complexity index is 698. The molecule has 0 radical (unpaired) electrons. The first-order valence-corrected chi connectivity index (χ1v) is 9.48. The Kier molecular flexibility index (Phi) is 10.0. The van der Waals surface area contributed by atoms with E-state index >= 15 is 0 Å². The van der Waals surface area contributed by atoms with Gasteiger partial charge >= 0.3 is 0 Å². The Morgan fingerprint density at radius 3 is 1.04 bits per heavy atom. The van der Waals surface area contributed by atoms with Gasteiger partial charge in [-0.15, -0.1) is 0 Å². The molecule has 0 amide bonds. The molecule has 0 saturated carbocycles. The third-order valence-electron chi connectivity index (χ3n) is 4.18. The topological polar surface area (TPSA) is 0 Å². The lowest BCUT2D eigenvalue weighted by molar-refractivity contribution is 1.35. The summed E-state index contributed by atoms with van der Waals surface area (Å²) in [4.78, 5) is 0. The number of benzene rings is 3. The third kappa shape index (κ3) is 4.38. The molecule has 0 aliphatic rings. The minimum atomic E-state index is 1.38. The van der Waals surface area contributed by atoms with Crippen LogP contribution in [0.15, 0.2) is 36.4 Å². The van der Waals surface area contributed by atoms with E-state index in [2.05, 4.69) is 64.1 Å². The molecule has 0 spiro atoms. The van der Waals surface area contributed by atoms with Crippen LogP contribution in [0.3, 0.4) is 0 Å². The number of rotatable bonds is 0. The molecule has 3 aromatic rings. The van der Waals surface area contributed by atoms with Gasteiger partial charge in [-0.2, -0.15) is 0 Å². The van der Waals surface area contributed by atoms with Gasteiger partial charge in [0.2, 0.25) is 0 Å². The second-order valence-corrected chi connectivity index (χ2v) is 5.28. The zero-order chi connectivity index (χ0) is 18.9. The van der Waals surface area contributed by atoms with Crippen molar-refractivity contribution in [2.75, 3.05) is 0 Å². The summed E-state index contributed by atoms with van der Waals surface area (Å²) in [6.45, 7) is 20.9. The van der Waals surface area contributed by atoms with Crippen LogP contribution in [-0.2, 0) is 0 Å². The van der Waals surface area contributed by atoms with Gasteiger partial charge in [0.1, 0.15) is 0 Å². The van der Waals surface area contributed by atoms with E-state index in [-0.39, 0.29) is 0 Å². The third-order valence-corrected chi connectivity index (χ3v) is 4.18. The van der Waals surface area contributed by atoms with Crippen LogP contribution in [-0.4, -0.2) is 0 Å². The maximum atomic E-state index is 2.33. The molecule has 0 aliphatic carbocycles. The maximum Gasteiger partial charge on any atom is -0.0143 e. The van der Waals surface area contributed by atoms with Gasteiger partial charge in [0.15, 0.2) is 0 Å². The molecule has 0 heteroatoms. The SMILES string of the molecule is CC.CC.CC.Cc1cc2c(C)c3ccccc3c(C)c2cc1C. The Labute approximate surface area is 149 Å². The molecule has 3 rings (SSSR count). The summed E-state index contributed by atoms with van der Waals surface area (Å²) >= 11 is 0. The van der Waals surface area contributed by atoms with Crippen molar-refractivity contribution in [1.82, 2.24) is 0 Å². The average molecular weight is 325 g/mol. The van der Waals surface area contributed by atoms with Gasteiger partial charge < -0.3 is 0 Å². The standard InChI is InChI=1S/C18H18.3C2H6/c1-11-9-17-13(3)15-7-5-6-8-16(15)14(4)18(17)10-12(11)2;3*1-2/h5-10H,1-4H3;3*1-2H3. The molecule has 0 atom stereocenters. The van der Waals surface area contributed by atoms with E-state index < -0.39 is 0 Å². The van der Waals surface area contributed by atoms with Crippen molar-refractivity contribution in [2.24, 2.45) is 0 Å². The Hall–Kier alpha value is -1.82. The van der Waals surface area contributed by atoms with Crippen LogP contribution in [0, 0.1) is 27.7 Å². The minimum absolute atomic E-state index is 1.38. The molecule has 132 valence electrons. The minimum Gasteiger partial charge on any atom is -0.0683 e. The zero-order valence-corrected chi connectivity index (χ0v) is 17.5. The predicted octanol–water partition coefficient (Wildman–Crippen LogP) is 8.31. The highest BCUT2D eigenvalue weighted by molar-refractivity contribution is 6.05. The first-order chi connectivity index (χ1) is 11.6. The first-order valence-electron chi connectivity index (χ1n) is 9.48. The van der Waals surface area contributed by atoms with Gasteiger partial charge in [-0.1, -0.05) is 77.9 Å². The zero-order valence-electron chi connectivity index (χ0n) is 17.5. The Balaban J connectivity index is 0.000000798. The fourth-order valence-corrected chi connectivity index (χ4v) is 2.86. The van der Waals surface area contributed by atoms with E-state index in [1.165, 1.54) is 43.8 Å². The molecule has 0 saturated heterocycles. The highest BCUT2D eigenvalue weighted by atomic mass is 14.1. The van der Waals surface area contributed by atoms with E-state index in [9.17, 15) is 0 Å². The molecule has 0 fully saturated rings. The average Bonchev–Trinajstić information content (AvgIpc) is 2.66.